The van der Waals surface area contributed by atoms with E-state index in [2.05, 4.69) is 37.5 Å². The average molecular weight is 445 g/mol. The minimum absolute atomic E-state index is 0.143. The monoisotopic (exact) mass is 443 g/mol. The Labute approximate surface area is 161 Å². The molecule has 1 aliphatic heterocycles. The summed E-state index contributed by atoms with van der Waals surface area (Å²) in [6.07, 6.45) is 0. The van der Waals surface area contributed by atoms with Crippen molar-refractivity contribution in [3.8, 4) is 0 Å². The van der Waals surface area contributed by atoms with Crippen molar-refractivity contribution in [2.45, 2.75) is 4.90 Å². The predicted molar refractivity (Wildman–Crippen MR) is 106 cm³/mol. The summed E-state index contributed by atoms with van der Waals surface area (Å²) < 4.78 is 29.0. The Morgan fingerprint density at radius 2 is 1.80 bits per heavy atom. The molecule has 5 nitrogen and oxygen atoms in total. The van der Waals surface area contributed by atoms with Crippen LogP contribution in [0.2, 0.25) is 5.02 Å². The van der Waals surface area contributed by atoms with Crippen LogP contribution < -0.4 is 9.62 Å². The molecular formula is C17H19BrClN3O2S. The molecule has 1 fully saturated rings. The van der Waals surface area contributed by atoms with E-state index in [1.54, 1.807) is 18.2 Å². The molecule has 0 atom stereocenters. The van der Waals surface area contributed by atoms with Gasteiger partial charge in [0.1, 0.15) is 0 Å². The van der Waals surface area contributed by atoms with Crippen molar-refractivity contribution in [2.24, 2.45) is 0 Å². The fourth-order valence-electron chi connectivity index (χ4n) is 2.75. The van der Waals surface area contributed by atoms with Crippen molar-refractivity contribution in [2.75, 3.05) is 42.8 Å². The van der Waals surface area contributed by atoms with E-state index in [1.165, 1.54) is 12.1 Å². The molecule has 0 spiro atoms. The Kier molecular flexibility index (Phi) is 5.58. The molecule has 1 aliphatic rings. The smallest absolute Gasteiger partial charge is 0.262 e. The first-order valence-corrected chi connectivity index (χ1v) is 10.5. The summed E-state index contributed by atoms with van der Waals surface area (Å²) >= 11 is 9.36. The van der Waals surface area contributed by atoms with E-state index >= 15 is 0 Å². The molecule has 3 rings (SSSR count). The van der Waals surface area contributed by atoms with E-state index in [4.69, 9.17) is 11.6 Å². The fourth-order valence-corrected chi connectivity index (χ4v) is 4.48. The van der Waals surface area contributed by atoms with Gasteiger partial charge in [0.15, 0.2) is 0 Å². The van der Waals surface area contributed by atoms with Gasteiger partial charge in [0.05, 0.1) is 16.3 Å². The highest BCUT2D eigenvalue weighted by Gasteiger charge is 2.21. The van der Waals surface area contributed by atoms with E-state index in [1.807, 2.05) is 12.1 Å². The standard InChI is InChI=1S/C17H19BrClN3O2S/c1-21-7-9-22(10-8-21)17-6-5-13(18)11-16(17)20-25(23,24)15-4-2-3-14(19)12-15/h2-6,11-12,20H,7-10H2,1H3. The number of likely N-dealkylation sites (N-methyl/N-ethyl adjacent to an activating group) is 1. The molecule has 134 valence electrons. The van der Waals surface area contributed by atoms with E-state index in [0.717, 1.165) is 36.3 Å². The maximum atomic E-state index is 12.7. The maximum absolute atomic E-state index is 12.7. The van der Waals surface area contributed by atoms with Crippen LogP contribution in [0.5, 0.6) is 0 Å². The van der Waals surface area contributed by atoms with Gasteiger partial charge in [-0.2, -0.15) is 0 Å². The molecule has 1 N–H and O–H groups in total. The first-order chi connectivity index (χ1) is 11.8. The van der Waals surface area contributed by atoms with Gasteiger partial charge in [-0.15, -0.1) is 0 Å². The third-order valence-corrected chi connectivity index (χ3v) is 6.24. The molecule has 0 aliphatic carbocycles. The van der Waals surface area contributed by atoms with Gasteiger partial charge >= 0.3 is 0 Å². The minimum Gasteiger partial charge on any atom is -0.367 e. The first kappa shape index (κ1) is 18.5. The predicted octanol–water partition coefficient (Wildman–Crippen LogP) is 3.66. The number of halogens is 2. The van der Waals surface area contributed by atoms with Crippen LogP contribution in [0.1, 0.15) is 0 Å². The Morgan fingerprint density at radius 1 is 1.08 bits per heavy atom. The van der Waals surface area contributed by atoms with Gasteiger partial charge in [0, 0.05) is 35.7 Å². The normalized spacial score (nSPS) is 16.0. The minimum atomic E-state index is -3.72. The lowest BCUT2D eigenvalue weighted by molar-refractivity contribution is 0.313. The molecule has 0 saturated carbocycles. The van der Waals surface area contributed by atoms with Gasteiger partial charge < -0.3 is 9.80 Å². The molecule has 0 amide bonds. The van der Waals surface area contributed by atoms with Crippen LogP contribution in [0.25, 0.3) is 0 Å². The number of hydrogen-bond acceptors (Lipinski definition) is 4. The summed E-state index contributed by atoms with van der Waals surface area (Å²) in [6.45, 7) is 3.58. The van der Waals surface area contributed by atoms with Crippen molar-refractivity contribution in [3.63, 3.8) is 0 Å². The molecule has 0 unspecified atom stereocenters. The summed E-state index contributed by atoms with van der Waals surface area (Å²) in [5.41, 5.74) is 1.43. The molecule has 8 heteroatoms. The molecule has 0 aromatic heterocycles. The molecule has 0 radical (unpaired) electrons. The number of hydrogen-bond donors (Lipinski definition) is 1. The lowest BCUT2D eigenvalue weighted by Crippen LogP contribution is -2.44. The Bertz CT molecular complexity index is 868. The van der Waals surface area contributed by atoms with Crippen molar-refractivity contribution in [3.05, 3.63) is 52.0 Å². The zero-order valence-electron chi connectivity index (χ0n) is 13.7. The highest BCUT2D eigenvalue weighted by atomic mass is 79.9. The van der Waals surface area contributed by atoms with Gasteiger partial charge in [-0.1, -0.05) is 33.6 Å². The third kappa shape index (κ3) is 4.47. The molecule has 2 aromatic carbocycles. The number of piperazine rings is 1. The quantitative estimate of drug-likeness (QED) is 0.782. The fraction of sp³-hybridized carbons (Fsp3) is 0.294. The van der Waals surface area contributed by atoms with Crippen LogP contribution >= 0.6 is 27.5 Å². The van der Waals surface area contributed by atoms with Crippen LogP contribution in [-0.2, 0) is 10.0 Å². The van der Waals surface area contributed by atoms with E-state index in [9.17, 15) is 8.42 Å². The Balaban J connectivity index is 1.92. The van der Waals surface area contributed by atoms with Gasteiger partial charge in [0.25, 0.3) is 10.0 Å². The summed E-state index contributed by atoms with van der Waals surface area (Å²) in [5, 5.41) is 0.386. The number of nitrogens with zero attached hydrogens (tertiary/aromatic N) is 2. The third-order valence-electron chi connectivity index (χ3n) is 4.15. The van der Waals surface area contributed by atoms with Gasteiger partial charge in [-0.25, -0.2) is 8.42 Å². The van der Waals surface area contributed by atoms with Gasteiger partial charge in [0.2, 0.25) is 0 Å². The van der Waals surface area contributed by atoms with Crippen LogP contribution in [-0.4, -0.2) is 46.5 Å². The largest absolute Gasteiger partial charge is 0.367 e. The summed E-state index contributed by atoms with van der Waals surface area (Å²) in [6, 6.07) is 11.9. The second-order valence-electron chi connectivity index (χ2n) is 6.01. The Morgan fingerprint density at radius 3 is 2.48 bits per heavy atom. The van der Waals surface area contributed by atoms with Crippen LogP contribution in [0.15, 0.2) is 51.8 Å². The van der Waals surface area contributed by atoms with E-state index in [0.29, 0.717) is 10.7 Å². The van der Waals surface area contributed by atoms with E-state index in [-0.39, 0.29) is 4.90 Å². The zero-order chi connectivity index (χ0) is 18.0. The highest BCUT2D eigenvalue weighted by Crippen LogP contribution is 2.32. The highest BCUT2D eigenvalue weighted by molar-refractivity contribution is 9.10. The number of nitrogens with one attached hydrogen (secondary N) is 1. The molecular weight excluding hydrogens is 426 g/mol. The van der Waals surface area contributed by atoms with Crippen molar-refractivity contribution < 1.29 is 8.42 Å². The summed E-state index contributed by atoms with van der Waals surface area (Å²) in [4.78, 5) is 4.59. The van der Waals surface area contributed by atoms with Crippen molar-refractivity contribution >= 4 is 48.9 Å². The van der Waals surface area contributed by atoms with Crippen molar-refractivity contribution in [1.82, 2.24) is 4.90 Å². The van der Waals surface area contributed by atoms with Gasteiger partial charge in [-0.05, 0) is 43.4 Å². The summed E-state index contributed by atoms with van der Waals surface area (Å²) in [7, 11) is -1.63. The second kappa shape index (κ2) is 7.53. The molecule has 1 saturated heterocycles. The number of anilines is 2. The second-order valence-corrected chi connectivity index (χ2v) is 9.05. The molecule has 1 heterocycles. The first-order valence-electron chi connectivity index (χ1n) is 7.86. The Hall–Kier alpha value is -1.28. The number of rotatable bonds is 4. The zero-order valence-corrected chi connectivity index (χ0v) is 16.9. The molecule has 25 heavy (non-hydrogen) atoms. The van der Waals surface area contributed by atoms with Crippen LogP contribution in [0.4, 0.5) is 11.4 Å². The molecule has 0 bridgehead atoms. The maximum Gasteiger partial charge on any atom is 0.262 e. The van der Waals surface area contributed by atoms with Crippen molar-refractivity contribution in [1.29, 1.82) is 0 Å². The van der Waals surface area contributed by atoms with Crippen LogP contribution in [0.3, 0.4) is 0 Å². The lowest BCUT2D eigenvalue weighted by atomic mass is 10.2. The van der Waals surface area contributed by atoms with Crippen LogP contribution in [0, 0.1) is 0 Å². The molecule has 2 aromatic rings. The summed E-state index contributed by atoms with van der Waals surface area (Å²) in [5.74, 6) is 0. The van der Waals surface area contributed by atoms with Gasteiger partial charge in [-0.3, -0.25) is 4.72 Å². The topological polar surface area (TPSA) is 52.6 Å². The SMILES string of the molecule is CN1CCN(c2ccc(Br)cc2NS(=O)(=O)c2cccc(Cl)c2)CC1. The number of sulfonamides is 1. The van der Waals surface area contributed by atoms with E-state index < -0.39 is 10.0 Å². The lowest BCUT2D eigenvalue weighted by Gasteiger charge is -2.35. The average Bonchev–Trinajstić information content (AvgIpc) is 2.56. The number of benzene rings is 2.